The Balaban J connectivity index is 2.58. The van der Waals surface area contributed by atoms with E-state index in [0.29, 0.717) is 10.5 Å². The summed E-state index contributed by atoms with van der Waals surface area (Å²) in [7, 11) is 0.435. The third kappa shape index (κ3) is 1.08. The molecule has 0 bridgehead atoms. The lowest BCUT2D eigenvalue weighted by Gasteiger charge is -2.01. The molecule has 3 amide bonds. The van der Waals surface area contributed by atoms with Crippen LogP contribution in [0, 0.1) is 0 Å². The molecule has 0 spiro atoms. The van der Waals surface area contributed by atoms with Crippen LogP contribution >= 0.6 is 0 Å². The molecule has 1 fully saturated rings. The van der Waals surface area contributed by atoms with E-state index in [-0.39, 0.29) is 0 Å². The van der Waals surface area contributed by atoms with Crippen molar-refractivity contribution in [3.63, 3.8) is 0 Å². The van der Waals surface area contributed by atoms with Crippen molar-refractivity contribution in [2.24, 2.45) is 0 Å². The van der Waals surface area contributed by atoms with Crippen LogP contribution < -0.4 is 10.6 Å². The maximum atomic E-state index is 10.5. The van der Waals surface area contributed by atoms with Gasteiger partial charge in [0, 0.05) is 0 Å². The minimum absolute atomic E-state index is 0.407. The molecule has 6 heteroatoms. The monoisotopic (exact) mass is 146 g/mol. The first-order valence-electron chi connectivity index (χ1n) is 2.38. The molecule has 0 aromatic rings. The molecule has 1 aliphatic heterocycles. The van der Waals surface area contributed by atoms with Crippen molar-refractivity contribution in [3.05, 3.63) is 0 Å². The number of urea groups is 1. The number of hydrogen-bond acceptors (Lipinski definition) is 3. The van der Waals surface area contributed by atoms with E-state index >= 15 is 0 Å². The maximum Gasteiger partial charge on any atom is 0.323 e. The first kappa shape index (κ1) is 6.24. The van der Waals surface area contributed by atoms with Gasteiger partial charge in [-0.3, -0.25) is 10.1 Å². The number of nitrogens with one attached hydrogen (secondary N) is 2. The zero-order valence-corrected chi connectivity index (χ0v) is 6.80. The molecule has 0 radical (unpaired) electrons. The minimum Gasteiger partial charge on any atom is -0.401 e. The highest BCUT2D eigenvalue weighted by Crippen LogP contribution is 1.90. The van der Waals surface area contributed by atoms with E-state index in [1.165, 1.54) is 0 Å². The average Bonchev–Trinajstić information content (AvgIpc) is 2.10. The summed E-state index contributed by atoms with van der Waals surface area (Å²) in [6.45, 7) is 0. The summed E-state index contributed by atoms with van der Waals surface area (Å²) < 4.78 is 4.69. The standard InChI is InChI=1S/C3H6N2O3Si/c6-1-2(8-9)5-3(7)4-1/h2H,9H3,(H2,4,5,6,7). The number of carbonyl (C=O) groups excluding carboxylic acids is 2. The van der Waals surface area contributed by atoms with Crippen molar-refractivity contribution in [1.29, 1.82) is 0 Å². The SMILES string of the molecule is O=C1NC(=O)C(O[SiH3])N1. The highest BCUT2D eigenvalue weighted by Gasteiger charge is 2.28. The van der Waals surface area contributed by atoms with Crippen molar-refractivity contribution in [1.82, 2.24) is 10.6 Å². The maximum absolute atomic E-state index is 10.5. The fourth-order valence-electron chi connectivity index (χ4n) is 0.564. The van der Waals surface area contributed by atoms with Crippen molar-refractivity contribution >= 4 is 22.4 Å². The fourth-order valence-corrected chi connectivity index (χ4v) is 0.896. The molecule has 50 valence electrons. The first-order chi connectivity index (χ1) is 4.24. The van der Waals surface area contributed by atoms with Crippen LogP contribution in [0.2, 0.25) is 0 Å². The van der Waals surface area contributed by atoms with Crippen LogP contribution in [0.15, 0.2) is 0 Å². The Bertz CT molecular complexity index is 159. The zero-order valence-electron chi connectivity index (χ0n) is 4.80. The molecule has 1 atom stereocenters. The van der Waals surface area contributed by atoms with Crippen molar-refractivity contribution in [2.75, 3.05) is 0 Å². The largest absolute Gasteiger partial charge is 0.401 e. The van der Waals surface area contributed by atoms with Crippen molar-refractivity contribution in [3.8, 4) is 0 Å². The van der Waals surface area contributed by atoms with Gasteiger partial charge in [0.2, 0.25) is 6.23 Å². The van der Waals surface area contributed by atoms with Crippen LogP contribution in [0.4, 0.5) is 4.79 Å². The lowest BCUT2D eigenvalue weighted by atomic mass is 10.6. The van der Waals surface area contributed by atoms with Crippen LogP contribution in [0.3, 0.4) is 0 Å². The van der Waals surface area contributed by atoms with Crippen LogP contribution in [-0.2, 0) is 9.22 Å². The Kier molecular flexibility index (Phi) is 1.49. The van der Waals surface area contributed by atoms with E-state index in [2.05, 4.69) is 9.74 Å². The molecule has 1 rings (SSSR count). The highest BCUT2D eigenvalue weighted by molar-refractivity contribution is 6.06. The second-order valence-corrected chi connectivity index (χ2v) is 2.05. The lowest BCUT2D eigenvalue weighted by Crippen LogP contribution is -2.30. The molecular formula is C3H6N2O3Si. The Morgan fingerprint density at radius 3 is 2.44 bits per heavy atom. The fraction of sp³-hybridized carbons (Fsp3) is 0.333. The van der Waals surface area contributed by atoms with Gasteiger partial charge in [0.25, 0.3) is 5.91 Å². The van der Waals surface area contributed by atoms with E-state index in [4.69, 9.17) is 0 Å². The minimum atomic E-state index is -0.746. The predicted octanol–water partition coefficient (Wildman–Crippen LogP) is -2.55. The van der Waals surface area contributed by atoms with Gasteiger partial charge >= 0.3 is 6.03 Å². The molecule has 0 aliphatic carbocycles. The molecule has 0 aromatic heterocycles. The van der Waals surface area contributed by atoms with Gasteiger partial charge in [-0.05, 0) is 0 Å². The number of amides is 3. The van der Waals surface area contributed by atoms with Gasteiger partial charge in [-0.2, -0.15) is 0 Å². The molecule has 5 nitrogen and oxygen atoms in total. The highest BCUT2D eigenvalue weighted by atomic mass is 28.2. The van der Waals surface area contributed by atoms with Gasteiger partial charge in [-0.15, -0.1) is 0 Å². The molecule has 1 saturated heterocycles. The van der Waals surface area contributed by atoms with Crippen molar-refractivity contribution in [2.45, 2.75) is 6.23 Å². The summed E-state index contributed by atoms with van der Waals surface area (Å²) >= 11 is 0. The summed E-state index contributed by atoms with van der Waals surface area (Å²) in [6, 6.07) is -0.485. The van der Waals surface area contributed by atoms with E-state index in [9.17, 15) is 9.59 Å². The van der Waals surface area contributed by atoms with E-state index in [0.717, 1.165) is 0 Å². The Morgan fingerprint density at radius 2 is 2.22 bits per heavy atom. The third-order valence-electron chi connectivity index (χ3n) is 0.973. The number of imide groups is 1. The van der Waals surface area contributed by atoms with E-state index < -0.39 is 18.2 Å². The smallest absolute Gasteiger partial charge is 0.323 e. The summed E-state index contributed by atoms with van der Waals surface area (Å²) in [5.74, 6) is -0.407. The van der Waals surface area contributed by atoms with Crippen molar-refractivity contribution < 1.29 is 14.0 Å². The summed E-state index contributed by atoms with van der Waals surface area (Å²) in [5, 5.41) is 4.29. The van der Waals surface area contributed by atoms with Gasteiger partial charge in [-0.1, -0.05) is 0 Å². The normalized spacial score (nSPS) is 26.0. The topological polar surface area (TPSA) is 67.4 Å². The predicted molar refractivity (Wildman–Crippen MR) is 31.5 cm³/mol. The van der Waals surface area contributed by atoms with E-state index in [1.54, 1.807) is 0 Å². The average molecular weight is 146 g/mol. The Hall–Kier alpha value is -0.883. The zero-order chi connectivity index (χ0) is 6.85. The van der Waals surface area contributed by atoms with E-state index in [1.807, 2.05) is 5.32 Å². The molecule has 9 heavy (non-hydrogen) atoms. The molecule has 2 N–H and O–H groups in total. The van der Waals surface area contributed by atoms with Gasteiger partial charge in [0.1, 0.15) is 10.5 Å². The number of rotatable bonds is 1. The molecule has 0 saturated carbocycles. The van der Waals surface area contributed by atoms with Crippen LogP contribution in [0.5, 0.6) is 0 Å². The number of carbonyl (C=O) groups is 2. The Morgan fingerprint density at radius 1 is 1.56 bits per heavy atom. The summed E-state index contributed by atoms with van der Waals surface area (Å²) in [5.41, 5.74) is 0. The summed E-state index contributed by atoms with van der Waals surface area (Å²) in [4.78, 5) is 20.8. The molecular weight excluding hydrogens is 140 g/mol. The number of hydrogen-bond donors (Lipinski definition) is 2. The molecule has 1 heterocycles. The second-order valence-electron chi connectivity index (χ2n) is 1.58. The molecule has 1 unspecified atom stereocenters. The van der Waals surface area contributed by atoms with Gasteiger partial charge in [0.15, 0.2) is 0 Å². The van der Waals surface area contributed by atoms with Crippen LogP contribution in [0.1, 0.15) is 0 Å². The lowest BCUT2D eigenvalue weighted by molar-refractivity contribution is -0.125. The second kappa shape index (κ2) is 2.15. The third-order valence-corrected chi connectivity index (χ3v) is 1.44. The quantitative estimate of drug-likeness (QED) is 0.316. The van der Waals surface area contributed by atoms with Gasteiger partial charge in [-0.25, -0.2) is 4.79 Å². The first-order valence-corrected chi connectivity index (χ1v) is 3.20. The molecule has 0 aromatic carbocycles. The summed E-state index contributed by atoms with van der Waals surface area (Å²) in [6.07, 6.45) is -0.746. The van der Waals surface area contributed by atoms with Crippen LogP contribution in [-0.4, -0.2) is 28.7 Å². The van der Waals surface area contributed by atoms with Gasteiger partial charge in [0.05, 0.1) is 0 Å². The molecule has 1 aliphatic rings. The van der Waals surface area contributed by atoms with Crippen LogP contribution in [0.25, 0.3) is 0 Å². The Labute approximate surface area is 54.3 Å². The van der Waals surface area contributed by atoms with Gasteiger partial charge < -0.3 is 9.74 Å².